The van der Waals surface area contributed by atoms with Gasteiger partial charge >= 0.3 is 0 Å². The number of aliphatic hydroxyl groups excluding tert-OH is 1. The molecule has 1 aliphatic heterocycles. The molecule has 6 unspecified atom stereocenters. The molecule has 1 heterocycles. The molecule has 3 aliphatic rings. The fraction of sp³-hybridized carbons (Fsp3) is 0.484. The molecule has 12 nitrogen and oxygen atoms in total. The smallest absolute Gasteiger partial charge is 0.202 e. The number of ether oxygens (including phenoxy) is 3. The van der Waals surface area contributed by atoms with E-state index < -0.39 is 82.6 Å². The van der Waals surface area contributed by atoms with Crippen molar-refractivity contribution in [1.82, 2.24) is 4.90 Å². The number of aromatic hydroxyl groups is 2. The zero-order valence-electron chi connectivity index (χ0n) is 25.1. The number of hydrogen-bond acceptors (Lipinski definition) is 11. The molecule has 2 aliphatic carbocycles. The van der Waals surface area contributed by atoms with Gasteiger partial charge in [0.05, 0.1) is 48.4 Å². The highest BCUT2D eigenvalue weighted by molar-refractivity contribution is 6.31. The molecule has 238 valence electrons. The molecule has 4 N–H and O–H groups in total. The van der Waals surface area contributed by atoms with Crippen LogP contribution in [0.1, 0.15) is 82.2 Å². The minimum absolute atomic E-state index is 0. The number of nitrogens with zero attached hydrogens (tertiary/aromatic N) is 2. The van der Waals surface area contributed by atoms with Gasteiger partial charge in [-0.1, -0.05) is 19.1 Å². The van der Waals surface area contributed by atoms with Gasteiger partial charge in [0.15, 0.2) is 17.9 Å². The van der Waals surface area contributed by atoms with Gasteiger partial charge in [-0.2, -0.15) is 0 Å². The number of carbonyl (C=O) groups excluding carboxylic acids is 3. The lowest BCUT2D eigenvalue weighted by molar-refractivity contribution is -0.247. The second-order valence-electron chi connectivity index (χ2n) is 11.5. The maximum absolute atomic E-state index is 13.8. The van der Waals surface area contributed by atoms with Crippen molar-refractivity contribution < 1.29 is 49.0 Å². The van der Waals surface area contributed by atoms with Crippen LogP contribution < -0.4 is 4.74 Å². The Balaban J connectivity index is 0.00000442. The number of hydrogen-bond donors (Lipinski definition) is 4. The summed E-state index contributed by atoms with van der Waals surface area (Å²) in [7, 11) is 4.92. The molecule has 0 aromatic heterocycles. The van der Waals surface area contributed by atoms with E-state index in [-0.39, 0.29) is 59.7 Å². The summed E-state index contributed by atoms with van der Waals surface area (Å²) < 4.78 is 17.5. The summed E-state index contributed by atoms with van der Waals surface area (Å²) in [5.74, 6) is -3.06. The zero-order valence-corrected chi connectivity index (χ0v) is 25.9. The van der Waals surface area contributed by atoms with Gasteiger partial charge in [0.25, 0.3) is 0 Å². The first-order valence-corrected chi connectivity index (χ1v) is 14.1. The van der Waals surface area contributed by atoms with E-state index >= 15 is 0 Å². The second kappa shape index (κ2) is 12.4. The number of halogens is 1. The molecule has 2 aromatic carbocycles. The van der Waals surface area contributed by atoms with Crippen LogP contribution in [-0.2, 0) is 20.7 Å². The van der Waals surface area contributed by atoms with Crippen LogP contribution in [0.25, 0.3) is 0 Å². The summed E-state index contributed by atoms with van der Waals surface area (Å²) in [6.45, 7) is 3.24. The Bertz CT molecular complexity index is 1530. The van der Waals surface area contributed by atoms with Crippen molar-refractivity contribution in [3.63, 3.8) is 0 Å². The number of carbonyl (C=O) groups is 3. The van der Waals surface area contributed by atoms with E-state index in [4.69, 9.17) is 14.2 Å². The van der Waals surface area contributed by atoms with Gasteiger partial charge in [-0.15, -0.1) is 12.4 Å². The third kappa shape index (κ3) is 5.45. The van der Waals surface area contributed by atoms with Crippen LogP contribution in [0, 0.1) is 0 Å². The Hall–Kier alpha value is -3.55. The van der Waals surface area contributed by atoms with E-state index in [1.54, 1.807) is 39.2 Å². The van der Waals surface area contributed by atoms with Crippen molar-refractivity contribution in [1.29, 1.82) is 0 Å². The number of phenols is 2. The molecule has 0 amide bonds. The minimum Gasteiger partial charge on any atom is -0.507 e. The number of aliphatic imine (C=N–C) groups is 1. The summed E-state index contributed by atoms with van der Waals surface area (Å²) in [5.41, 5.74) is -3.00. The maximum atomic E-state index is 13.8. The summed E-state index contributed by atoms with van der Waals surface area (Å²) in [4.78, 5) is 46.6. The Kier molecular flexibility index (Phi) is 9.43. The van der Waals surface area contributed by atoms with Gasteiger partial charge in [0.2, 0.25) is 5.78 Å². The molecule has 5 rings (SSSR count). The molecule has 0 saturated carbocycles. The van der Waals surface area contributed by atoms with E-state index in [1.807, 2.05) is 0 Å². The van der Waals surface area contributed by atoms with Gasteiger partial charge in [0.1, 0.15) is 29.0 Å². The van der Waals surface area contributed by atoms with Gasteiger partial charge in [0, 0.05) is 56.5 Å². The van der Waals surface area contributed by atoms with Crippen LogP contribution >= 0.6 is 12.4 Å². The number of aliphatic hydroxyl groups is 2. The summed E-state index contributed by atoms with van der Waals surface area (Å²) in [6, 6.07) is 3.86. The lowest BCUT2D eigenvalue weighted by Gasteiger charge is -2.42. The average molecular weight is 633 g/mol. The fourth-order valence-electron chi connectivity index (χ4n) is 6.24. The van der Waals surface area contributed by atoms with Crippen molar-refractivity contribution >= 4 is 36.1 Å². The Morgan fingerprint density at radius 3 is 2.48 bits per heavy atom. The Morgan fingerprint density at radius 2 is 1.84 bits per heavy atom. The number of Topliss-reactive ketones (excluding diaryl/α,β-unsaturated/α-hetero) is 1. The maximum Gasteiger partial charge on any atom is 0.202 e. The van der Waals surface area contributed by atoms with Crippen LogP contribution in [0.4, 0.5) is 0 Å². The van der Waals surface area contributed by atoms with Crippen molar-refractivity contribution in [3.8, 4) is 17.2 Å². The minimum atomic E-state index is -2.00. The second-order valence-corrected chi connectivity index (χ2v) is 11.5. The molecule has 0 spiro atoms. The number of ketones is 3. The largest absolute Gasteiger partial charge is 0.507 e. The predicted octanol–water partition coefficient (Wildman–Crippen LogP) is 2.47. The first kappa shape index (κ1) is 33.3. The lowest BCUT2D eigenvalue weighted by Crippen LogP contribution is -2.49. The number of benzene rings is 2. The number of phenolic OH excluding ortho intramolecular Hbond substituents is 2. The fourth-order valence-corrected chi connectivity index (χ4v) is 6.24. The van der Waals surface area contributed by atoms with E-state index in [2.05, 4.69) is 4.99 Å². The van der Waals surface area contributed by atoms with Gasteiger partial charge in [-0.05, 0) is 13.0 Å². The zero-order chi connectivity index (χ0) is 31.4. The van der Waals surface area contributed by atoms with E-state index in [1.165, 1.54) is 25.3 Å². The van der Waals surface area contributed by atoms with Crippen LogP contribution in [0.5, 0.6) is 17.2 Å². The third-order valence-electron chi connectivity index (χ3n) is 8.40. The molecule has 6 atom stereocenters. The van der Waals surface area contributed by atoms with E-state index in [9.17, 15) is 34.8 Å². The molecule has 44 heavy (non-hydrogen) atoms. The number of rotatable bonds is 7. The van der Waals surface area contributed by atoms with Crippen LogP contribution in [0.2, 0.25) is 0 Å². The summed E-state index contributed by atoms with van der Waals surface area (Å²) in [6.07, 6.45) is -2.97. The van der Waals surface area contributed by atoms with E-state index in [0.29, 0.717) is 0 Å². The van der Waals surface area contributed by atoms with Gasteiger partial charge < -0.3 is 39.5 Å². The summed E-state index contributed by atoms with van der Waals surface area (Å²) in [5, 5.41) is 45.4. The van der Waals surface area contributed by atoms with Gasteiger partial charge in [-0.25, -0.2) is 0 Å². The standard InChI is InChI=1S/C31H36N2O10.ClH/c1-6-20(34)31(40)11-16-23(19(12-31)43-21-10-17(32-13-33(3)4)26(35)14(2)42-21)30(39)25-24(28(16)37)27(36)15-8-7-9-18(41-5)22(15)29(25)38;/h7-9,13-14,17,19,21,26,35,37,39-40H,6,10-12H2,1-5H3;1H. The molecule has 1 fully saturated rings. The van der Waals surface area contributed by atoms with Crippen LogP contribution in [-0.4, -0.2) is 100 Å². The van der Waals surface area contributed by atoms with Crippen molar-refractivity contribution in [3.05, 3.63) is 51.6 Å². The highest BCUT2D eigenvalue weighted by Crippen LogP contribution is 2.52. The number of methoxy groups -OCH3 is 1. The molecular weight excluding hydrogens is 596 g/mol. The molecule has 2 aromatic rings. The van der Waals surface area contributed by atoms with Crippen molar-refractivity contribution in [2.24, 2.45) is 4.99 Å². The summed E-state index contributed by atoms with van der Waals surface area (Å²) >= 11 is 0. The first-order valence-electron chi connectivity index (χ1n) is 14.1. The SMILES string of the molecule is CCC(=O)C1(O)Cc2c(O)c3c(c(O)c2C(OC2CC(N=CN(C)C)C(O)C(C)O2)C1)C(=O)c1c(OC)cccc1C3=O.Cl. The average Bonchev–Trinajstić information content (AvgIpc) is 2.97. The molecular formula is C31H37ClN2O10. The van der Waals surface area contributed by atoms with Crippen LogP contribution in [0.3, 0.4) is 0 Å². The van der Waals surface area contributed by atoms with Crippen molar-refractivity contribution in [2.45, 2.75) is 75.8 Å². The quantitative estimate of drug-likeness (QED) is 0.171. The number of fused-ring (bicyclic) bond motifs is 3. The monoisotopic (exact) mass is 632 g/mol. The van der Waals surface area contributed by atoms with E-state index in [0.717, 1.165) is 0 Å². The third-order valence-corrected chi connectivity index (χ3v) is 8.40. The van der Waals surface area contributed by atoms with Gasteiger partial charge in [-0.3, -0.25) is 19.4 Å². The molecule has 0 radical (unpaired) electrons. The Labute approximate surface area is 260 Å². The molecule has 0 bridgehead atoms. The molecule has 13 heteroatoms. The predicted molar refractivity (Wildman–Crippen MR) is 160 cm³/mol. The Morgan fingerprint density at radius 1 is 1.16 bits per heavy atom. The molecule has 1 saturated heterocycles. The first-order chi connectivity index (χ1) is 20.3. The normalized spacial score (nSPS) is 27.7. The topological polar surface area (TPSA) is 175 Å². The lowest BCUT2D eigenvalue weighted by atomic mass is 9.71. The highest BCUT2D eigenvalue weighted by Gasteiger charge is 2.50. The highest BCUT2D eigenvalue weighted by atomic mass is 35.5. The van der Waals surface area contributed by atoms with Crippen molar-refractivity contribution in [2.75, 3.05) is 21.2 Å². The van der Waals surface area contributed by atoms with Crippen LogP contribution in [0.15, 0.2) is 23.2 Å².